The Balaban J connectivity index is -0.000000160. The zero-order valence-electron chi connectivity index (χ0n) is 84.4. The van der Waals surface area contributed by atoms with Crippen LogP contribution in [0, 0.1) is 124 Å². The third kappa shape index (κ3) is 68.8. The number of hydrogen-bond donors (Lipinski definition) is 0. The zero-order valence-corrected chi connectivity index (χ0v) is 84.4. The summed E-state index contributed by atoms with van der Waals surface area (Å²) in [6.45, 7) is 115. The molecule has 640 valence electrons. The predicted molar refractivity (Wildman–Crippen MR) is 496 cm³/mol. The van der Waals surface area contributed by atoms with E-state index in [0.29, 0.717) is 65.0 Å². The second-order valence-electron chi connectivity index (χ2n) is 46.7. The predicted octanol–water partition coefficient (Wildman–Crippen LogP) is 39.4. The normalized spacial score (nSPS) is 17.6. The molecular weight excluding hydrogens is 1250 g/mol. The molecule has 0 aromatic heterocycles. The van der Waals surface area contributed by atoms with Gasteiger partial charge >= 0.3 is 0 Å². The van der Waals surface area contributed by atoms with Crippen LogP contribution < -0.4 is 0 Å². The van der Waals surface area contributed by atoms with Crippen LogP contribution in [0.3, 0.4) is 0 Å². The van der Waals surface area contributed by atoms with E-state index in [4.69, 9.17) is 0 Å². The molecule has 0 heterocycles. The van der Waals surface area contributed by atoms with Gasteiger partial charge in [0.05, 0.1) is 0 Å². The summed E-state index contributed by atoms with van der Waals surface area (Å²) < 4.78 is 0. The van der Waals surface area contributed by atoms with Crippen molar-refractivity contribution >= 4 is 0 Å². The number of hydrogen-bond acceptors (Lipinski definition) is 0. The van der Waals surface area contributed by atoms with E-state index in [9.17, 15) is 0 Å². The van der Waals surface area contributed by atoms with Gasteiger partial charge < -0.3 is 0 Å². The van der Waals surface area contributed by atoms with E-state index in [2.05, 4.69) is 346 Å². The summed E-state index contributed by atoms with van der Waals surface area (Å²) in [6, 6.07) is 0. The molecule has 5 fully saturated rings. The molecule has 5 rings (SSSR count). The number of rotatable bonds is 12. The van der Waals surface area contributed by atoms with Crippen LogP contribution in [0.2, 0.25) is 0 Å². The molecule has 0 radical (unpaired) electrons. The highest BCUT2D eigenvalue weighted by molar-refractivity contribution is 4.91. The molecule has 0 amide bonds. The van der Waals surface area contributed by atoms with Crippen LogP contribution >= 0.6 is 0 Å². The van der Waals surface area contributed by atoms with Crippen LogP contribution in [0.5, 0.6) is 0 Å². The van der Waals surface area contributed by atoms with Gasteiger partial charge in [0.2, 0.25) is 0 Å². The standard InChI is InChI=1S/C11H24.C10H22.C9H20.2C8H16.2C8H18.3C7H14.3C7H16/c1-9(2,3)11(7,8)10(4,5)6;1-8(9(2,3)4)10(5,6)7;1-7-9(5,6)8(2,3)4;1-8(2)6-4-3-5-7-8;1-2-8-6-4-3-5-7-8;1-6-8(4,5)7(2)3;1-6(2)8(5)7(3)4;1-7(2)5-3-4-6-7;1-7-5-3-2-4-6-7;1-2-7-5-3-4-6-7;1-6(2)7(3,4)5;1-5-7(3,4)6-2;1-4-7(5-2)6-3/h1-8H3;8H,1-7H3;7H2,1-6H3;3-7H2,1-2H3;8H,2-7H2,1H3;7H,6H2,1-5H3;6-8H,1-5H3;3-6H2,1-2H3;2*7H,2-6H2,1H3;6H,1-5H3;5-6H2,1-4H3;7H,4-6H2,1-3H3. The molecule has 5 saturated carbocycles. The highest BCUT2D eigenvalue weighted by Gasteiger charge is 2.42. The first-order valence-corrected chi connectivity index (χ1v) is 46.6. The summed E-state index contributed by atoms with van der Waals surface area (Å²) >= 11 is 0. The Morgan fingerprint density at radius 2 is 0.567 bits per heavy atom. The van der Waals surface area contributed by atoms with E-state index in [1.165, 1.54) is 205 Å². The van der Waals surface area contributed by atoms with Crippen LogP contribution in [0.1, 0.15) is 552 Å². The van der Waals surface area contributed by atoms with Crippen molar-refractivity contribution in [2.24, 2.45) is 124 Å². The first-order valence-electron chi connectivity index (χ1n) is 46.6. The largest absolute Gasteiger partial charge is 0.0651 e. The molecule has 104 heavy (non-hydrogen) atoms. The first-order chi connectivity index (χ1) is 46.6. The van der Waals surface area contributed by atoms with Gasteiger partial charge in [-0.05, 0) is 150 Å². The third-order valence-electron chi connectivity index (χ3n) is 29.6. The lowest BCUT2D eigenvalue weighted by Gasteiger charge is -2.49. The van der Waals surface area contributed by atoms with Crippen molar-refractivity contribution in [1.29, 1.82) is 0 Å². The maximum atomic E-state index is 2.38. The van der Waals surface area contributed by atoms with Gasteiger partial charge in [0.25, 0.3) is 0 Å². The molecule has 0 aliphatic heterocycles. The van der Waals surface area contributed by atoms with Gasteiger partial charge in [0, 0.05) is 0 Å². The average molecular weight is 1470 g/mol. The van der Waals surface area contributed by atoms with Gasteiger partial charge in [-0.3, -0.25) is 0 Å². The smallest absolute Gasteiger partial charge is 0.0257 e. The quantitative estimate of drug-likeness (QED) is 0.183. The lowest BCUT2D eigenvalue weighted by Crippen LogP contribution is -2.41. The molecule has 0 aromatic carbocycles. The Bertz CT molecular complexity index is 1710. The highest BCUT2D eigenvalue weighted by Crippen LogP contribution is 2.51. The van der Waals surface area contributed by atoms with Crippen molar-refractivity contribution in [3.63, 3.8) is 0 Å². The van der Waals surface area contributed by atoms with E-state index < -0.39 is 0 Å². The minimum atomic E-state index is 0.375. The fraction of sp³-hybridized carbons (Fsp3) is 1.00. The average Bonchev–Trinajstić information content (AvgIpc) is 0.864. The van der Waals surface area contributed by atoms with Gasteiger partial charge in [0.15, 0.2) is 0 Å². The maximum Gasteiger partial charge on any atom is -0.0257 e. The molecule has 0 unspecified atom stereocenters. The van der Waals surface area contributed by atoms with Gasteiger partial charge in [-0.15, -0.1) is 0 Å². The molecule has 0 atom stereocenters. The lowest BCUT2D eigenvalue weighted by atomic mass is 9.56. The Morgan fingerprint density at radius 1 is 0.308 bits per heavy atom. The van der Waals surface area contributed by atoms with Gasteiger partial charge in [-0.25, -0.2) is 0 Å². The van der Waals surface area contributed by atoms with Crippen LogP contribution in [0.25, 0.3) is 0 Å². The minimum Gasteiger partial charge on any atom is -0.0651 e. The van der Waals surface area contributed by atoms with Crippen molar-refractivity contribution in [3.8, 4) is 0 Å². The van der Waals surface area contributed by atoms with Crippen molar-refractivity contribution in [3.05, 3.63) is 0 Å². The van der Waals surface area contributed by atoms with E-state index in [1.807, 2.05) is 0 Å². The van der Waals surface area contributed by atoms with Crippen molar-refractivity contribution < 1.29 is 0 Å². The Labute approximate surface area is 671 Å². The molecule has 0 bridgehead atoms. The molecule has 0 nitrogen and oxygen atoms in total. The monoisotopic (exact) mass is 1470 g/mol. The Morgan fingerprint density at radius 3 is 0.635 bits per heavy atom. The van der Waals surface area contributed by atoms with Crippen molar-refractivity contribution in [2.75, 3.05) is 0 Å². The van der Waals surface area contributed by atoms with Crippen LogP contribution in [0.15, 0.2) is 0 Å². The molecule has 5 aliphatic carbocycles. The van der Waals surface area contributed by atoms with Crippen LogP contribution in [-0.2, 0) is 0 Å². The summed E-state index contributed by atoms with van der Waals surface area (Å²) in [4.78, 5) is 0. The summed E-state index contributed by atoms with van der Waals surface area (Å²) in [5, 5.41) is 0. The van der Waals surface area contributed by atoms with Gasteiger partial charge in [0.1, 0.15) is 0 Å². The SMILES string of the molecule is CC(C(C)(C)C)C(C)(C)C.CC(C)(C)C(C)(C)C(C)(C)C.CC(C)C(C)(C)C.CC(C)C(C)C(C)C.CC1(C)CCCC1.CC1(C)CCCCC1.CC1CCCCC1.CCC(C)(C)C(C)(C)C.CCC(C)(C)C(C)C.CCC(C)(C)CC.CCC(CC)CC.CCC1CCCC1.CCC1CCCCC1. The first kappa shape index (κ1) is 120. The molecule has 0 saturated heterocycles. The summed E-state index contributed by atoms with van der Waals surface area (Å²) in [6.07, 6.45) is 46.1. The lowest BCUT2D eigenvalue weighted by molar-refractivity contribution is 0.00575. The van der Waals surface area contributed by atoms with Gasteiger partial charge in [-0.1, -0.05) is 526 Å². The second-order valence-corrected chi connectivity index (χ2v) is 46.7. The van der Waals surface area contributed by atoms with Crippen LogP contribution in [0.4, 0.5) is 0 Å². The molecular formula is C104H224. The molecule has 0 aromatic rings. The third-order valence-corrected chi connectivity index (χ3v) is 29.6. The van der Waals surface area contributed by atoms with Gasteiger partial charge in [-0.2, -0.15) is 0 Å². The van der Waals surface area contributed by atoms with Crippen LogP contribution in [-0.4, -0.2) is 0 Å². The molecule has 5 aliphatic rings. The van der Waals surface area contributed by atoms with Crippen molar-refractivity contribution in [1.82, 2.24) is 0 Å². The summed E-state index contributed by atoms with van der Waals surface area (Å²) in [5.74, 6) is 9.14. The zero-order chi connectivity index (χ0) is 84.4. The summed E-state index contributed by atoms with van der Waals surface area (Å²) in [7, 11) is 0. The van der Waals surface area contributed by atoms with E-state index >= 15 is 0 Å². The van der Waals surface area contributed by atoms with E-state index in [1.54, 1.807) is 0 Å². The minimum absolute atomic E-state index is 0.375. The van der Waals surface area contributed by atoms with E-state index in [-0.39, 0.29) is 0 Å². The summed E-state index contributed by atoms with van der Waals surface area (Å²) in [5.41, 5.74) is 5.94. The Hall–Kier alpha value is 0. The molecule has 0 heteroatoms. The maximum absolute atomic E-state index is 2.38. The topological polar surface area (TPSA) is 0 Å². The fourth-order valence-electron chi connectivity index (χ4n) is 12.4. The fourth-order valence-corrected chi connectivity index (χ4v) is 12.4. The highest BCUT2D eigenvalue weighted by atomic mass is 14.5. The van der Waals surface area contributed by atoms with Crippen molar-refractivity contribution in [2.45, 2.75) is 552 Å². The molecule has 0 spiro atoms. The Kier molecular flexibility index (Phi) is 68.7. The second kappa shape index (κ2) is 59.7. The molecule has 0 N–H and O–H groups in total. The van der Waals surface area contributed by atoms with E-state index in [0.717, 1.165) is 59.2 Å².